The van der Waals surface area contributed by atoms with Gasteiger partial charge in [-0.05, 0) is 32.3 Å². The molecule has 0 aliphatic heterocycles. The van der Waals surface area contributed by atoms with Crippen molar-refractivity contribution in [3.8, 4) is 0 Å². The van der Waals surface area contributed by atoms with Crippen LogP contribution >= 0.6 is 0 Å². The molecule has 1 unspecified atom stereocenters. The number of hydrogen-bond acceptors (Lipinski definition) is 2. The van der Waals surface area contributed by atoms with Crippen molar-refractivity contribution in [1.82, 2.24) is 0 Å². The summed E-state index contributed by atoms with van der Waals surface area (Å²) in [5.74, 6) is 0.191. The number of rotatable bonds is 6. The Labute approximate surface area is 97.6 Å². The zero-order valence-corrected chi connectivity index (χ0v) is 10.3. The Kier molecular flexibility index (Phi) is 5.20. The molecule has 0 spiro atoms. The minimum Gasteiger partial charge on any atom is -0.381 e. The smallest absolute Gasteiger partial charge is 0.132 e. The van der Waals surface area contributed by atoms with Gasteiger partial charge in [0.2, 0.25) is 0 Å². The number of ether oxygens (including phenoxy) is 1. The van der Waals surface area contributed by atoms with E-state index in [-0.39, 0.29) is 11.9 Å². The number of aryl methyl sites for hydroxylation is 2. The van der Waals surface area contributed by atoms with Crippen LogP contribution in [0.4, 0.5) is 0 Å². The molecule has 88 valence electrons. The fourth-order valence-corrected chi connectivity index (χ4v) is 1.71. The first-order valence-electron chi connectivity index (χ1n) is 5.69. The van der Waals surface area contributed by atoms with Crippen molar-refractivity contribution in [1.29, 1.82) is 0 Å². The molecule has 0 aliphatic rings. The van der Waals surface area contributed by atoms with Gasteiger partial charge in [-0.3, -0.25) is 4.79 Å². The second-order valence-corrected chi connectivity index (χ2v) is 4.29. The highest BCUT2D eigenvalue weighted by Gasteiger charge is 2.09. The third-order valence-electron chi connectivity index (χ3n) is 2.72. The monoisotopic (exact) mass is 220 g/mol. The maximum atomic E-state index is 11.0. The molecule has 1 aromatic rings. The Hall–Kier alpha value is -1.15. The van der Waals surface area contributed by atoms with Gasteiger partial charge >= 0.3 is 0 Å². The third-order valence-corrected chi connectivity index (χ3v) is 2.72. The number of hydrogen-bond donors (Lipinski definition) is 0. The van der Waals surface area contributed by atoms with Gasteiger partial charge in [0, 0.05) is 13.5 Å². The Balaban J connectivity index is 2.43. The maximum Gasteiger partial charge on any atom is 0.132 e. The summed E-state index contributed by atoms with van der Waals surface area (Å²) in [6, 6.07) is 8.50. The first-order chi connectivity index (χ1) is 7.61. The van der Waals surface area contributed by atoms with Crippen LogP contribution in [0.3, 0.4) is 0 Å². The van der Waals surface area contributed by atoms with E-state index in [9.17, 15) is 4.79 Å². The Morgan fingerprint density at radius 3 is 2.44 bits per heavy atom. The van der Waals surface area contributed by atoms with Gasteiger partial charge in [-0.1, -0.05) is 29.8 Å². The largest absolute Gasteiger partial charge is 0.381 e. The average Bonchev–Trinajstić information content (AvgIpc) is 2.26. The standard InChI is InChI=1S/C14H20O2/c1-11-4-6-13(7-5-11)8-9-14(16-3)10-12(2)15/h4-7,14H,8-10H2,1-3H3. The van der Waals surface area contributed by atoms with E-state index in [1.54, 1.807) is 14.0 Å². The maximum absolute atomic E-state index is 11.0. The highest BCUT2D eigenvalue weighted by atomic mass is 16.5. The van der Waals surface area contributed by atoms with E-state index >= 15 is 0 Å². The summed E-state index contributed by atoms with van der Waals surface area (Å²) < 4.78 is 5.29. The van der Waals surface area contributed by atoms with Crippen LogP contribution in [0, 0.1) is 6.92 Å². The molecule has 16 heavy (non-hydrogen) atoms. The van der Waals surface area contributed by atoms with E-state index < -0.39 is 0 Å². The highest BCUT2D eigenvalue weighted by molar-refractivity contribution is 5.75. The number of Topliss-reactive ketones (excluding diaryl/α,β-unsaturated/α-hetero) is 1. The van der Waals surface area contributed by atoms with E-state index in [2.05, 4.69) is 31.2 Å². The van der Waals surface area contributed by atoms with Crippen LogP contribution in [-0.4, -0.2) is 19.0 Å². The molecule has 0 radical (unpaired) electrons. The lowest BCUT2D eigenvalue weighted by atomic mass is 10.0. The van der Waals surface area contributed by atoms with Crippen molar-refractivity contribution in [2.24, 2.45) is 0 Å². The quantitative estimate of drug-likeness (QED) is 0.736. The summed E-state index contributed by atoms with van der Waals surface area (Å²) >= 11 is 0. The summed E-state index contributed by atoms with van der Waals surface area (Å²) in [6.45, 7) is 3.69. The predicted octanol–water partition coefficient (Wildman–Crippen LogP) is 2.92. The van der Waals surface area contributed by atoms with Crippen LogP contribution in [-0.2, 0) is 16.0 Å². The third kappa shape index (κ3) is 4.58. The number of carbonyl (C=O) groups is 1. The Morgan fingerprint density at radius 1 is 1.31 bits per heavy atom. The second-order valence-electron chi connectivity index (χ2n) is 4.29. The minimum absolute atomic E-state index is 0.0544. The molecule has 0 saturated heterocycles. The Morgan fingerprint density at radius 2 is 1.94 bits per heavy atom. The van der Waals surface area contributed by atoms with Gasteiger partial charge in [-0.15, -0.1) is 0 Å². The van der Waals surface area contributed by atoms with Gasteiger partial charge in [-0.2, -0.15) is 0 Å². The van der Waals surface area contributed by atoms with Gasteiger partial charge < -0.3 is 4.74 Å². The topological polar surface area (TPSA) is 26.3 Å². The van der Waals surface area contributed by atoms with Gasteiger partial charge in [0.1, 0.15) is 5.78 Å². The van der Waals surface area contributed by atoms with Crippen molar-refractivity contribution < 1.29 is 9.53 Å². The van der Waals surface area contributed by atoms with Crippen molar-refractivity contribution in [3.63, 3.8) is 0 Å². The van der Waals surface area contributed by atoms with Crippen molar-refractivity contribution >= 4 is 5.78 Å². The van der Waals surface area contributed by atoms with Gasteiger partial charge in [0.05, 0.1) is 6.10 Å². The number of carbonyl (C=O) groups excluding carboxylic acids is 1. The van der Waals surface area contributed by atoms with E-state index in [1.807, 2.05) is 0 Å². The first kappa shape index (κ1) is 12.9. The van der Waals surface area contributed by atoms with E-state index in [0.29, 0.717) is 6.42 Å². The molecule has 0 heterocycles. The van der Waals surface area contributed by atoms with Crippen LogP contribution in [0.2, 0.25) is 0 Å². The van der Waals surface area contributed by atoms with Gasteiger partial charge in [0.15, 0.2) is 0 Å². The molecule has 0 bridgehead atoms. The molecule has 1 aromatic carbocycles. The fourth-order valence-electron chi connectivity index (χ4n) is 1.71. The first-order valence-corrected chi connectivity index (χ1v) is 5.69. The molecular formula is C14H20O2. The zero-order chi connectivity index (χ0) is 12.0. The van der Waals surface area contributed by atoms with E-state index in [4.69, 9.17) is 4.74 Å². The number of ketones is 1. The van der Waals surface area contributed by atoms with Crippen LogP contribution in [0.25, 0.3) is 0 Å². The lowest BCUT2D eigenvalue weighted by Gasteiger charge is -2.13. The normalized spacial score (nSPS) is 12.4. The SMILES string of the molecule is COC(CCc1ccc(C)cc1)CC(C)=O. The summed E-state index contributed by atoms with van der Waals surface area (Å²) in [4.78, 5) is 11.0. The number of methoxy groups -OCH3 is 1. The molecule has 0 saturated carbocycles. The highest BCUT2D eigenvalue weighted by Crippen LogP contribution is 2.11. The molecule has 2 heteroatoms. The molecule has 0 aromatic heterocycles. The molecule has 2 nitrogen and oxygen atoms in total. The van der Waals surface area contributed by atoms with Gasteiger partial charge in [0.25, 0.3) is 0 Å². The van der Waals surface area contributed by atoms with Crippen molar-refractivity contribution in [2.75, 3.05) is 7.11 Å². The number of benzene rings is 1. The molecule has 0 aliphatic carbocycles. The van der Waals surface area contributed by atoms with Crippen LogP contribution in [0.15, 0.2) is 24.3 Å². The van der Waals surface area contributed by atoms with E-state index in [1.165, 1.54) is 11.1 Å². The van der Waals surface area contributed by atoms with Crippen molar-refractivity contribution in [3.05, 3.63) is 35.4 Å². The zero-order valence-electron chi connectivity index (χ0n) is 10.3. The summed E-state index contributed by atoms with van der Waals surface area (Å²) in [6.07, 6.45) is 2.44. The van der Waals surface area contributed by atoms with E-state index in [0.717, 1.165) is 12.8 Å². The second kappa shape index (κ2) is 6.44. The molecule has 1 rings (SSSR count). The summed E-state index contributed by atoms with van der Waals surface area (Å²) in [5.41, 5.74) is 2.58. The van der Waals surface area contributed by atoms with Gasteiger partial charge in [-0.25, -0.2) is 0 Å². The van der Waals surface area contributed by atoms with Crippen LogP contribution in [0.1, 0.15) is 30.9 Å². The molecular weight excluding hydrogens is 200 g/mol. The molecule has 0 amide bonds. The minimum atomic E-state index is 0.0544. The Bertz CT molecular complexity index is 327. The summed E-state index contributed by atoms with van der Waals surface area (Å²) in [5, 5.41) is 0. The van der Waals surface area contributed by atoms with Crippen LogP contribution < -0.4 is 0 Å². The molecule has 1 atom stereocenters. The predicted molar refractivity (Wildman–Crippen MR) is 65.6 cm³/mol. The fraction of sp³-hybridized carbons (Fsp3) is 0.500. The molecule has 0 fully saturated rings. The average molecular weight is 220 g/mol. The summed E-state index contributed by atoms with van der Waals surface area (Å²) in [7, 11) is 1.67. The lowest BCUT2D eigenvalue weighted by molar-refractivity contribution is -0.119. The van der Waals surface area contributed by atoms with Crippen molar-refractivity contribution in [2.45, 2.75) is 39.2 Å². The van der Waals surface area contributed by atoms with Crippen LogP contribution in [0.5, 0.6) is 0 Å². The lowest BCUT2D eigenvalue weighted by Crippen LogP contribution is -2.15. The molecule has 0 N–H and O–H groups in total.